The van der Waals surface area contributed by atoms with Crippen molar-refractivity contribution in [1.82, 2.24) is 14.9 Å². The number of aromatic amines is 1. The molecule has 2 N–H and O–H groups in total. The monoisotopic (exact) mass is 298 g/mol. The van der Waals surface area contributed by atoms with Crippen LogP contribution in [0.3, 0.4) is 0 Å². The lowest BCUT2D eigenvalue weighted by Gasteiger charge is -2.20. The van der Waals surface area contributed by atoms with E-state index in [1.54, 1.807) is 0 Å². The van der Waals surface area contributed by atoms with E-state index in [-0.39, 0.29) is 5.92 Å². The molecule has 1 atom stereocenters. The molecule has 1 amide bonds. The maximum Gasteiger partial charge on any atom is 0.225 e. The predicted octanol–water partition coefficient (Wildman–Crippen LogP) is 2.77. The first-order valence-corrected chi connectivity index (χ1v) is 8.30. The summed E-state index contributed by atoms with van der Waals surface area (Å²) in [5, 5.41) is 3.45. The predicted molar refractivity (Wildman–Crippen MR) is 86.7 cm³/mol. The smallest absolute Gasteiger partial charge is 0.225 e. The number of nitrogens with one attached hydrogen (secondary N) is 2. The molecule has 1 unspecified atom stereocenters. The van der Waals surface area contributed by atoms with Gasteiger partial charge in [-0.15, -0.1) is 0 Å². The Kier molecular flexibility index (Phi) is 3.48. The molecule has 1 aliphatic heterocycles. The molecule has 2 aliphatic rings. The van der Waals surface area contributed by atoms with Crippen molar-refractivity contribution in [3.8, 4) is 0 Å². The highest BCUT2D eigenvalue weighted by atomic mass is 16.2. The molecule has 1 aromatic carbocycles. The van der Waals surface area contributed by atoms with Crippen LogP contribution < -0.4 is 5.32 Å². The van der Waals surface area contributed by atoms with Crippen LogP contribution in [0.2, 0.25) is 0 Å². The van der Waals surface area contributed by atoms with Gasteiger partial charge in [-0.05, 0) is 31.4 Å². The zero-order valence-corrected chi connectivity index (χ0v) is 12.7. The topological polar surface area (TPSA) is 61.0 Å². The number of benzene rings is 1. The minimum atomic E-state index is 0.282. The van der Waals surface area contributed by atoms with E-state index in [0.29, 0.717) is 11.9 Å². The summed E-state index contributed by atoms with van der Waals surface area (Å²) in [4.78, 5) is 22.3. The number of amides is 1. The van der Waals surface area contributed by atoms with Gasteiger partial charge in [-0.3, -0.25) is 4.79 Å². The molecule has 2 heterocycles. The maximum atomic E-state index is 12.5. The highest BCUT2D eigenvalue weighted by Gasteiger charge is 2.32. The number of imidazole rings is 1. The number of carbonyl (C=O) groups is 1. The molecular formula is C17H22N4O. The Labute approximate surface area is 130 Å². The molecule has 4 rings (SSSR count). The molecule has 22 heavy (non-hydrogen) atoms. The average molecular weight is 298 g/mol. The number of nitrogens with zero attached hydrogens (tertiary/aromatic N) is 2. The van der Waals surface area contributed by atoms with Gasteiger partial charge in [0, 0.05) is 25.0 Å². The van der Waals surface area contributed by atoms with Gasteiger partial charge >= 0.3 is 0 Å². The van der Waals surface area contributed by atoms with Gasteiger partial charge in [-0.25, -0.2) is 4.98 Å². The minimum Gasteiger partial charge on any atom is -0.351 e. The van der Waals surface area contributed by atoms with Crippen LogP contribution in [0.25, 0.3) is 11.0 Å². The van der Waals surface area contributed by atoms with Crippen molar-refractivity contribution in [1.29, 1.82) is 0 Å². The second-order valence-corrected chi connectivity index (χ2v) is 6.50. The van der Waals surface area contributed by atoms with Crippen molar-refractivity contribution >= 4 is 22.9 Å². The quantitative estimate of drug-likeness (QED) is 0.916. The van der Waals surface area contributed by atoms with E-state index in [2.05, 4.69) is 15.3 Å². The lowest BCUT2D eigenvalue weighted by Crippen LogP contribution is -2.35. The average Bonchev–Trinajstić information content (AvgIpc) is 3.27. The molecule has 116 valence electrons. The van der Waals surface area contributed by atoms with Crippen molar-refractivity contribution in [3.63, 3.8) is 0 Å². The van der Waals surface area contributed by atoms with E-state index in [4.69, 9.17) is 0 Å². The number of anilines is 1. The largest absolute Gasteiger partial charge is 0.351 e. The van der Waals surface area contributed by atoms with Gasteiger partial charge < -0.3 is 15.2 Å². The Bertz CT molecular complexity index is 641. The molecule has 2 aromatic rings. The molecular weight excluding hydrogens is 276 g/mol. The number of hydrogen-bond acceptors (Lipinski definition) is 3. The van der Waals surface area contributed by atoms with Crippen LogP contribution in [0.1, 0.15) is 32.1 Å². The van der Waals surface area contributed by atoms with Crippen molar-refractivity contribution < 1.29 is 4.79 Å². The van der Waals surface area contributed by atoms with Gasteiger partial charge in [0.15, 0.2) is 0 Å². The number of rotatable bonds is 3. The number of para-hydroxylation sites is 2. The fourth-order valence-electron chi connectivity index (χ4n) is 3.72. The summed E-state index contributed by atoms with van der Waals surface area (Å²) >= 11 is 0. The van der Waals surface area contributed by atoms with Gasteiger partial charge in [0.05, 0.1) is 11.0 Å². The van der Waals surface area contributed by atoms with E-state index in [0.717, 1.165) is 49.3 Å². The van der Waals surface area contributed by atoms with Crippen LogP contribution in [0.4, 0.5) is 5.95 Å². The van der Waals surface area contributed by atoms with Crippen molar-refractivity contribution in [2.24, 2.45) is 5.92 Å². The normalized spacial score (nSPS) is 22.5. The molecule has 0 radical (unpaired) electrons. The first-order valence-electron chi connectivity index (χ1n) is 8.30. The molecule has 0 bridgehead atoms. The van der Waals surface area contributed by atoms with Gasteiger partial charge in [0.25, 0.3) is 0 Å². The number of H-pyrrole nitrogens is 1. The van der Waals surface area contributed by atoms with Crippen LogP contribution in [0.5, 0.6) is 0 Å². The molecule has 5 heteroatoms. The summed E-state index contributed by atoms with van der Waals surface area (Å²) in [7, 11) is 0. The number of likely N-dealkylation sites (tertiary alicyclic amines) is 1. The summed E-state index contributed by atoms with van der Waals surface area (Å²) < 4.78 is 0. The molecule has 1 saturated carbocycles. The van der Waals surface area contributed by atoms with E-state index in [9.17, 15) is 4.79 Å². The fraction of sp³-hybridized carbons (Fsp3) is 0.529. The van der Waals surface area contributed by atoms with Crippen molar-refractivity contribution in [3.05, 3.63) is 24.3 Å². The molecule has 1 aromatic heterocycles. The zero-order chi connectivity index (χ0) is 14.9. The number of fused-ring (bicyclic) bond motifs is 1. The third-order valence-electron chi connectivity index (χ3n) is 4.93. The second kappa shape index (κ2) is 5.63. The lowest BCUT2D eigenvalue weighted by molar-refractivity contribution is -0.134. The molecule has 5 nitrogen and oxygen atoms in total. The first-order chi connectivity index (χ1) is 10.8. The Hall–Kier alpha value is -2.04. The Morgan fingerprint density at radius 1 is 1.23 bits per heavy atom. The second-order valence-electron chi connectivity index (χ2n) is 6.50. The number of aromatic nitrogens is 2. The number of hydrogen-bond donors (Lipinski definition) is 2. The van der Waals surface area contributed by atoms with Crippen molar-refractivity contribution in [2.45, 2.75) is 38.1 Å². The number of carbonyl (C=O) groups excluding carboxylic acids is 1. The standard InChI is InChI=1S/C17H22N4O/c22-16(12-5-1-2-6-12)21-10-9-13(11-21)18-17-19-14-7-3-4-8-15(14)20-17/h3-4,7-8,12-13H,1-2,5-6,9-11H2,(H2,18,19,20). The molecule has 2 fully saturated rings. The van der Waals surface area contributed by atoms with Crippen LogP contribution in [0, 0.1) is 5.92 Å². The van der Waals surface area contributed by atoms with E-state index in [1.165, 1.54) is 12.8 Å². The van der Waals surface area contributed by atoms with Crippen LogP contribution in [0.15, 0.2) is 24.3 Å². The van der Waals surface area contributed by atoms with Crippen LogP contribution in [-0.4, -0.2) is 39.9 Å². The Morgan fingerprint density at radius 2 is 2.05 bits per heavy atom. The van der Waals surface area contributed by atoms with E-state index >= 15 is 0 Å². The van der Waals surface area contributed by atoms with E-state index in [1.807, 2.05) is 29.2 Å². The molecule has 0 spiro atoms. The summed E-state index contributed by atoms with van der Waals surface area (Å²) in [6, 6.07) is 8.32. The van der Waals surface area contributed by atoms with Gasteiger partial charge in [-0.2, -0.15) is 0 Å². The fourth-order valence-corrected chi connectivity index (χ4v) is 3.72. The molecule has 1 aliphatic carbocycles. The minimum absolute atomic E-state index is 0.282. The summed E-state index contributed by atoms with van der Waals surface area (Å²) in [5.74, 6) is 1.46. The highest BCUT2D eigenvalue weighted by molar-refractivity contribution is 5.80. The SMILES string of the molecule is O=C(C1CCCC1)N1CCC(Nc2nc3ccccc3[nH]2)C1. The highest BCUT2D eigenvalue weighted by Crippen LogP contribution is 2.28. The molecule has 1 saturated heterocycles. The maximum absolute atomic E-state index is 12.5. The zero-order valence-electron chi connectivity index (χ0n) is 12.7. The third-order valence-corrected chi connectivity index (χ3v) is 4.93. The van der Waals surface area contributed by atoms with Crippen molar-refractivity contribution in [2.75, 3.05) is 18.4 Å². The lowest BCUT2D eigenvalue weighted by atomic mass is 10.1. The Morgan fingerprint density at radius 3 is 2.86 bits per heavy atom. The van der Waals surface area contributed by atoms with Crippen LogP contribution in [-0.2, 0) is 4.79 Å². The van der Waals surface area contributed by atoms with Gasteiger partial charge in [0.1, 0.15) is 0 Å². The van der Waals surface area contributed by atoms with E-state index < -0.39 is 0 Å². The van der Waals surface area contributed by atoms with Crippen LogP contribution >= 0.6 is 0 Å². The van der Waals surface area contributed by atoms with Gasteiger partial charge in [-0.1, -0.05) is 25.0 Å². The third kappa shape index (κ3) is 2.56. The Balaban J connectivity index is 1.39. The summed E-state index contributed by atoms with van der Waals surface area (Å²) in [6.07, 6.45) is 5.58. The summed E-state index contributed by atoms with van der Waals surface area (Å²) in [6.45, 7) is 1.67. The van der Waals surface area contributed by atoms with Gasteiger partial charge in [0.2, 0.25) is 11.9 Å². The summed E-state index contributed by atoms with van der Waals surface area (Å²) in [5.41, 5.74) is 2.02. The first kappa shape index (κ1) is 13.6.